The summed E-state index contributed by atoms with van der Waals surface area (Å²) in [6.45, 7) is 0. The van der Waals surface area contributed by atoms with Crippen molar-refractivity contribution in [1.29, 1.82) is 0 Å². The molecule has 4 nitrogen and oxygen atoms in total. The molecule has 6 rings (SSSR count). The molecule has 1 N–H and O–H groups in total. The Morgan fingerprint density at radius 1 is 0.692 bits per heavy atom. The fourth-order valence-electron chi connectivity index (χ4n) is 4.01. The molecule has 4 heteroatoms. The van der Waals surface area contributed by atoms with Crippen LogP contribution in [-0.2, 0) is 0 Å². The summed E-state index contributed by atoms with van der Waals surface area (Å²) < 4.78 is 2.22. The molecule has 0 amide bonds. The molecule has 3 aromatic heterocycles. The molecule has 0 spiro atoms. The van der Waals surface area contributed by atoms with Crippen molar-refractivity contribution in [3.05, 3.63) is 79.0 Å². The van der Waals surface area contributed by atoms with Crippen molar-refractivity contribution < 1.29 is 0 Å². The number of aromatic amines is 1. The zero-order chi connectivity index (χ0) is 17.1. The maximum atomic E-state index is 4.47. The lowest BCUT2D eigenvalue weighted by molar-refractivity contribution is 1.02. The maximum Gasteiger partial charge on any atom is 0.168 e. The van der Waals surface area contributed by atoms with E-state index < -0.39 is 0 Å². The SMILES string of the molecule is c1ccc(-n2c3nnccc3c3ccc4[nH]c5ccccc5c4c32)cc1. The van der Waals surface area contributed by atoms with Crippen molar-refractivity contribution in [3.63, 3.8) is 0 Å². The lowest BCUT2D eigenvalue weighted by atomic mass is 10.1. The molecule has 0 aliphatic rings. The lowest BCUT2D eigenvalue weighted by Gasteiger charge is -2.07. The molecule has 26 heavy (non-hydrogen) atoms. The standard InChI is InChI=1S/C22H14N4/c1-2-6-14(7-3-1)26-21-15(16-12-13-23-25-22(16)26)10-11-19-20(21)17-8-4-5-9-18(17)24-19/h1-13,24H. The number of hydrogen-bond acceptors (Lipinski definition) is 2. The Bertz CT molecular complexity index is 1420. The summed E-state index contributed by atoms with van der Waals surface area (Å²) in [6, 6.07) is 25.2. The van der Waals surface area contributed by atoms with E-state index in [-0.39, 0.29) is 0 Å². The van der Waals surface area contributed by atoms with Crippen LogP contribution in [0, 0.1) is 0 Å². The second kappa shape index (κ2) is 4.92. The highest BCUT2D eigenvalue weighted by Crippen LogP contribution is 2.38. The van der Waals surface area contributed by atoms with Crippen molar-refractivity contribution in [2.24, 2.45) is 0 Å². The molecule has 0 saturated carbocycles. The fourth-order valence-corrected chi connectivity index (χ4v) is 4.01. The highest BCUT2D eigenvalue weighted by molar-refractivity contribution is 6.24. The molecule has 0 radical (unpaired) electrons. The van der Waals surface area contributed by atoms with Gasteiger partial charge in [-0.05, 0) is 30.3 Å². The molecule has 122 valence electrons. The van der Waals surface area contributed by atoms with Gasteiger partial charge in [-0.3, -0.25) is 4.57 Å². The number of hydrogen-bond donors (Lipinski definition) is 1. The number of nitrogens with one attached hydrogen (secondary N) is 1. The topological polar surface area (TPSA) is 46.5 Å². The average Bonchev–Trinajstić information content (AvgIpc) is 3.24. The Morgan fingerprint density at radius 2 is 1.54 bits per heavy atom. The van der Waals surface area contributed by atoms with E-state index in [0.717, 1.165) is 27.8 Å². The summed E-state index contributed by atoms with van der Waals surface area (Å²) in [5.41, 5.74) is 5.41. The zero-order valence-corrected chi connectivity index (χ0v) is 13.8. The van der Waals surface area contributed by atoms with Crippen molar-refractivity contribution in [2.75, 3.05) is 0 Å². The fraction of sp³-hybridized carbons (Fsp3) is 0. The number of H-pyrrole nitrogens is 1. The summed E-state index contributed by atoms with van der Waals surface area (Å²) in [7, 11) is 0. The van der Waals surface area contributed by atoms with Crippen LogP contribution in [0.5, 0.6) is 0 Å². The van der Waals surface area contributed by atoms with Crippen molar-refractivity contribution in [3.8, 4) is 5.69 Å². The van der Waals surface area contributed by atoms with Crippen LogP contribution in [0.2, 0.25) is 0 Å². The highest BCUT2D eigenvalue weighted by atomic mass is 15.2. The van der Waals surface area contributed by atoms with Gasteiger partial charge in [0.15, 0.2) is 5.65 Å². The van der Waals surface area contributed by atoms with Gasteiger partial charge in [-0.15, -0.1) is 5.10 Å². The quantitative estimate of drug-likeness (QED) is 0.449. The molecule has 0 fully saturated rings. The Hall–Kier alpha value is -3.66. The Morgan fingerprint density at radius 3 is 2.46 bits per heavy atom. The van der Waals surface area contributed by atoms with E-state index in [1.165, 1.54) is 21.7 Å². The lowest BCUT2D eigenvalue weighted by Crippen LogP contribution is -1.96. The first kappa shape index (κ1) is 13.6. The summed E-state index contributed by atoms with van der Waals surface area (Å²) in [5, 5.41) is 13.4. The molecule has 0 atom stereocenters. The van der Waals surface area contributed by atoms with Crippen LogP contribution in [0.4, 0.5) is 0 Å². The minimum Gasteiger partial charge on any atom is -0.354 e. The van der Waals surface area contributed by atoms with Crippen LogP contribution in [0.1, 0.15) is 0 Å². The predicted molar refractivity (Wildman–Crippen MR) is 106 cm³/mol. The van der Waals surface area contributed by atoms with E-state index in [9.17, 15) is 0 Å². The molecule has 0 aliphatic heterocycles. The van der Waals surface area contributed by atoms with E-state index in [4.69, 9.17) is 0 Å². The minimum atomic E-state index is 0.881. The van der Waals surface area contributed by atoms with Crippen LogP contribution in [0.15, 0.2) is 79.0 Å². The van der Waals surface area contributed by atoms with Crippen molar-refractivity contribution in [1.82, 2.24) is 19.7 Å². The number of aromatic nitrogens is 4. The van der Waals surface area contributed by atoms with Gasteiger partial charge in [0, 0.05) is 38.3 Å². The second-order valence-electron chi connectivity index (χ2n) is 6.49. The number of para-hydroxylation sites is 2. The van der Waals surface area contributed by atoms with Crippen LogP contribution in [0.3, 0.4) is 0 Å². The third-order valence-electron chi connectivity index (χ3n) is 5.08. The van der Waals surface area contributed by atoms with Crippen LogP contribution >= 0.6 is 0 Å². The van der Waals surface area contributed by atoms with Crippen LogP contribution < -0.4 is 0 Å². The molecule has 0 saturated heterocycles. The van der Waals surface area contributed by atoms with Gasteiger partial charge in [0.05, 0.1) is 11.7 Å². The summed E-state index contributed by atoms with van der Waals surface area (Å²) in [4.78, 5) is 3.54. The van der Waals surface area contributed by atoms with Gasteiger partial charge >= 0.3 is 0 Å². The van der Waals surface area contributed by atoms with Gasteiger partial charge in [0.2, 0.25) is 0 Å². The van der Waals surface area contributed by atoms with Crippen LogP contribution in [0.25, 0.3) is 49.4 Å². The molecule has 3 heterocycles. The van der Waals surface area contributed by atoms with E-state index in [1.54, 1.807) is 6.20 Å². The highest BCUT2D eigenvalue weighted by Gasteiger charge is 2.18. The number of fused-ring (bicyclic) bond motifs is 7. The molecular weight excluding hydrogens is 320 g/mol. The number of rotatable bonds is 1. The molecule has 0 aliphatic carbocycles. The van der Waals surface area contributed by atoms with Gasteiger partial charge < -0.3 is 4.98 Å². The van der Waals surface area contributed by atoms with E-state index in [2.05, 4.69) is 80.4 Å². The maximum absolute atomic E-state index is 4.47. The van der Waals surface area contributed by atoms with Gasteiger partial charge in [0.25, 0.3) is 0 Å². The first-order valence-electron chi connectivity index (χ1n) is 8.62. The smallest absolute Gasteiger partial charge is 0.168 e. The Balaban J connectivity index is 1.96. The summed E-state index contributed by atoms with van der Waals surface area (Å²) in [5.74, 6) is 0. The van der Waals surface area contributed by atoms with E-state index in [0.29, 0.717) is 0 Å². The molecule has 0 bridgehead atoms. The third-order valence-corrected chi connectivity index (χ3v) is 5.08. The largest absolute Gasteiger partial charge is 0.354 e. The Labute approximate surface area is 148 Å². The second-order valence-corrected chi connectivity index (χ2v) is 6.49. The third kappa shape index (κ3) is 1.68. The number of nitrogens with zero attached hydrogens (tertiary/aromatic N) is 3. The minimum absolute atomic E-state index is 0.881. The van der Waals surface area contributed by atoms with E-state index >= 15 is 0 Å². The normalized spacial score (nSPS) is 11.8. The first-order chi connectivity index (χ1) is 12.9. The molecular formula is C22H14N4. The van der Waals surface area contributed by atoms with Gasteiger partial charge in [-0.2, -0.15) is 5.10 Å². The Kier molecular flexibility index (Phi) is 2.58. The van der Waals surface area contributed by atoms with E-state index in [1.807, 2.05) is 12.1 Å². The zero-order valence-electron chi connectivity index (χ0n) is 13.8. The van der Waals surface area contributed by atoms with Crippen LogP contribution in [-0.4, -0.2) is 19.7 Å². The number of benzene rings is 3. The van der Waals surface area contributed by atoms with Gasteiger partial charge in [-0.25, -0.2) is 0 Å². The first-order valence-corrected chi connectivity index (χ1v) is 8.62. The van der Waals surface area contributed by atoms with Gasteiger partial charge in [0.1, 0.15) is 0 Å². The van der Waals surface area contributed by atoms with Crippen molar-refractivity contribution >= 4 is 43.7 Å². The van der Waals surface area contributed by atoms with Gasteiger partial charge in [-0.1, -0.05) is 42.5 Å². The monoisotopic (exact) mass is 334 g/mol. The molecule has 3 aromatic carbocycles. The summed E-state index contributed by atoms with van der Waals surface area (Å²) >= 11 is 0. The summed E-state index contributed by atoms with van der Waals surface area (Å²) in [6.07, 6.45) is 1.76. The molecule has 0 unspecified atom stereocenters. The van der Waals surface area contributed by atoms with Crippen molar-refractivity contribution in [2.45, 2.75) is 0 Å². The molecule has 6 aromatic rings. The average molecular weight is 334 g/mol. The predicted octanol–water partition coefficient (Wildman–Crippen LogP) is 5.21.